The van der Waals surface area contributed by atoms with E-state index in [-0.39, 0.29) is 11.9 Å². The SMILES string of the molecule is Cc1ncsc1CN1C[C@@H](F)C[C@H]1CN(C)C(=O)c1cnn(C)c1N. The quantitative estimate of drug-likeness (QED) is 0.866. The number of nitrogen functional groups attached to an aromatic ring is 1. The standard InChI is InChI=1S/C16H23FN6OS/c1-10-14(25-9-19-10)8-23-6-11(17)4-12(23)7-21(2)16(24)13-5-20-22(3)15(13)18/h5,9,11-12H,4,6-8,18H2,1-3H3/t11-,12-/m0/s1. The number of hydrogen-bond acceptors (Lipinski definition) is 6. The zero-order valence-electron chi connectivity index (χ0n) is 14.6. The van der Waals surface area contributed by atoms with Crippen LogP contribution >= 0.6 is 11.3 Å². The number of aryl methyl sites for hydroxylation is 2. The molecule has 25 heavy (non-hydrogen) atoms. The molecule has 1 saturated heterocycles. The van der Waals surface area contributed by atoms with E-state index in [1.54, 1.807) is 30.3 Å². The van der Waals surface area contributed by atoms with Crippen molar-refractivity contribution in [2.75, 3.05) is 25.9 Å². The molecule has 136 valence electrons. The molecule has 0 bridgehead atoms. The molecule has 1 aliphatic heterocycles. The highest BCUT2D eigenvalue weighted by Gasteiger charge is 2.34. The van der Waals surface area contributed by atoms with E-state index in [9.17, 15) is 9.18 Å². The van der Waals surface area contributed by atoms with Crippen LogP contribution in [0.5, 0.6) is 0 Å². The fourth-order valence-electron chi connectivity index (χ4n) is 3.18. The largest absolute Gasteiger partial charge is 0.383 e. The Labute approximate surface area is 150 Å². The number of likely N-dealkylation sites (N-methyl/N-ethyl adjacent to an activating group) is 1. The lowest BCUT2D eigenvalue weighted by atomic mass is 10.2. The Bertz CT molecular complexity index is 760. The van der Waals surface area contributed by atoms with Crippen LogP contribution in [0.1, 0.15) is 27.3 Å². The molecular formula is C16H23FN6OS. The van der Waals surface area contributed by atoms with Gasteiger partial charge >= 0.3 is 0 Å². The second-order valence-electron chi connectivity index (χ2n) is 6.53. The maximum absolute atomic E-state index is 14.0. The molecule has 2 aromatic rings. The number of thiazole rings is 1. The number of rotatable bonds is 5. The van der Waals surface area contributed by atoms with E-state index < -0.39 is 6.17 Å². The van der Waals surface area contributed by atoms with Gasteiger partial charge in [-0.2, -0.15) is 5.10 Å². The van der Waals surface area contributed by atoms with Crippen molar-refractivity contribution in [2.45, 2.75) is 32.1 Å². The van der Waals surface area contributed by atoms with Crippen LogP contribution in [-0.4, -0.2) is 62.8 Å². The van der Waals surface area contributed by atoms with Gasteiger partial charge in [0.05, 0.1) is 17.4 Å². The maximum Gasteiger partial charge on any atom is 0.259 e. The van der Waals surface area contributed by atoms with Crippen molar-refractivity contribution in [1.82, 2.24) is 24.6 Å². The van der Waals surface area contributed by atoms with Crippen molar-refractivity contribution in [3.05, 3.63) is 27.8 Å². The van der Waals surface area contributed by atoms with Gasteiger partial charge in [-0.05, 0) is 13.3 Å². The first kappa shape index (κ1) is 17.8. The van der Waals surface area contributed by atoms with Crippen LogP contribution < -0.4 is 5.73 Å². The summed E-state index contributed by atoms with van der Waals surface area (Å²) in [5, 5.41) is 4.01. The van der Waals surface area contributed by atoms with Crippen molar-refractivity contribution in [3.63, 3.8) is 0 Å². The van der Waals surface area contributed by atoms with Gasteiger partial charge in [-0.25, -0.2) is 9.37 Å². The lowest BCUT2D eigenvalue weighted by Crippen LogP contribution is -2.41. The molecule has 1 amide bonds. The topological polar surface area (TPSA) is 80.3 Å². The fourth-order valence-corrected chi connectivity index (χ4v) is 3.99. The molecule has 2 N–H and O–H groups in total. The third-order valence-electron chi connectivity index (χ3n) is 4.71. The van der Waals surface area contributed by atoms with Crippen LogP contribution in [0.15, 0.2) is 11.7 Å². The zero-order valence-corrected chi connectivity index (χ0v) is 15.5. The second kappa shape index (κ2) is 7.09. The monoisotopic (exact) mass is 366 g/mol. The first-order chi connectivity index (χ1) is 11.9. The zero-order chi connectivity index (χ0) is 18.1. The summed E-state index contributed by atoms with van der Waals surface area (Å²) in [4.78, 5) is 21.7. The summed E-state index contributed by atoms with van der Waals surface area (Å²) in [6, 6.07) is -0.0247. The van der Waals surface area contributed by atoms with E-state index in [2.05, 4.69) is 15.0 Å². The van der Waals surface area contributed by atoms with E-state index in [0.717, 1.165) is 10.6 Å². The number of nitrogens with zero attached hydrogens (tertiary/aromatic N) is 5. The summed E-state index contributed by atoms with van der Waals surface area (Å²) >= 11 is 1.58. The highest BCUT2D eigenvalue weighted by Crippen LogP contribution is 2.26. The summed E-state index contributed by atoms with van der Waals surface area (Å²) in [5.41, 5.74) is 9.06. The molecule has 0 aromatic carbocycles. The number of carbonyl (C=O) groups is 1. The molecule has 1 fully saturated rings. The molecule has 2 atom stereocenters. The van der Waals surface area contributed by atoms with Crippen molar-refractivity contribution in [1.29, 1.82) is 0 Å². The molecule has 0 radical (unpaired) electrons. The summed E-state index contributed by atoms with van der Waals surface area (Å²) in [6.45, 7) is 3.47. The number of likely N-dealkylation sites (tertiary alicyclic amines) is 1. The molecule has 9 heteroatoms. The molecule has 0 saturated carbocycles. The molecular weight excluding hydrogens is 343 g/mol. The van der Waals surface area contributed by atoms with Crippen LogP contribution in [0.4, 0.5) is 10.2 Å². The maximum atomic E-state index is 14.0. The Hall–Kier alpha value is -2.00. The molecule has 7 nitrogen and oxygen atoms in total. The van der Waals surface area contributed by atoms with Gasteiger partial charge in [-0.3, -0.25) is 14.4 Å². The molecule has 3 heterocycles. The predicted octanol–water partition coefficient (Wildman–Crippen LogP) is 1.45. The smallest absolute Gasteiger partial charge is 0.259 e. The minimum Gasteiger partial charge on any atom is -0.383 e. The molecule has 0 aliphatic carbocycles. The average Bonchev–Trinajstić information content (AvgIpc) is 3.22. The molecule has 2 aromatic heterocycles. The molecule has 0 unspecified atom stereocenters. The number of nitrogens with two attached hydrogens (primary N) is 1. The lowest BCUT2D eigenvalue weighted by Gasteiger charge is -2.28. The van der Waals surface area contributed by atoms with E-state index in [0.29, 0.717) is 37.4 Å². The van der Waals surface area contributed by atoms with E-state index in [4.69, 9.17) is 5.73 Å². The third-order valence-corrected chi connectivity index (χ3v) is 5.63. The van der Waals surface area contributed by atoms with E-state index >= 15 is 0 Å². The normalized spacial score (nSPS) is 21.0. The Morgan fingerprint density at radius 2 is 2.32 bits per heavy atom. The summed E-state index contributed by atoms with van der Waals surface area (Å²) in [6.07, 6.45) is 1.03. The van der Waals surface area contributed by atoms with Crippen LogP contribution in [0, 0.1) is 6.92 Å². The second-order valence-corrected chi connectivity index (χ2v) is 7.47. The van der Waals surface area contributed by atoms with Crippen molar-refractivity contribution in [2.24, 2.45) is 7.05 Å². The van der Waals surface area contributed by atoms with Gasteiger partial charge in [-0.15, -0.1) is 11.3 Å². The Balaban J connectivity index is 1.68. The fraction of sp³-hybridized carbons (Fsp3) is 0.562. The molecule has 1 aliphatic rings. The van der Waals surface area contributed by atoms with Gasteiger partial charge in [0.2, 0.25) is 0 Å². The Kier molecular flexibility index (Phi) is 5.05. The number of carbonyl (C=O) groups excluding carboxylic acids is 1. The van der Waals surface area contributed by atoms with Crippen LogP contribution in [0.25, 0.3) is 0 Å². The van der Waals surface area contributed by atoms with Crippen LogP contribution in [-0.2, 0) is 13.6 Å². The van der Waals surface area contributed by atoms with Crippen LogP contribution in [0.2, 0.25) is 0 Å². The van der Waals surface area contributed by atoms with Crippen molar-refractivity contribution >= 4 is 23.1 Å². The van der Waals surface area contributed by atoms with Gasteiger partial charge in [0.1, 0.15) is 17.6 Å². The minimum atomic E-state index is -0.870. The molecule has 0 spiro atoms. The summed E-state index contributed by atoms with van der Waals surface area (Å²) in [7, 11) is 3.41. The number of hydrogen-bond donors (Lipinski definition) is 1. The number of halogens is 1. The molecule has 3 rings (SSSR count). The van der Waals surface area contributed by atoms with E-state index in [1.165, 1.54) is 10.9 Å². The van der Waals surface area contributed by atoms with Crippen molar-refractivity contribution < 1.29 is 9.18 Å². The van der Waals surface area contributed by atoms with Gasteiger partial charge in [-0.1, -0.05) is 0 Å². The van der Waals surface area contributed by atoms with Gasteiger partial charge in [0, 0.05) is 44.6 Å². The van der Waals surface area contributed by atoms with Crippen molar-refractivity contribution in [3.8, 4) is 0 Å². The lowest BCUT2D eigenvalue weighted by molar-refractivity contribution is 0.0751. The van der Waals surface area contributed by atoms with Crippen LogP contribution in [0.3, 0.4) is 0 Å². The third kappa shape index (κ3) is 3.67. The highest BCUT2D eigenvalue weighted by molar-refractivity contribution is 7.09. The number of alkyl halides is 1. The number of amides is 1. The predicted molar refractivity (Wildman–Crippen MR) is 95.1 cm³/mol. The van der Waals surface area contributed by atoms with E-state index in [1.807, 2.05) is 12.4 Å². The number of anilines is 1. The highest BCUT2D eigenvalue weighted by atomic mass is 32.1. The first-order valence-electron chi connectivity index (χ1n) is 8.16. The Morgan fingerprint density at radius 1 is 1.56 bits per heavy atom. The summed E-state index contributed by atoms with van der Waals surface area (Å²) < 4.78 is 15.5. The minimum absolute atomic E-state index is 0.0247. The summed E-state index contributed by atoms with van der Waals surface area (Å²) in [5.74, 6) is 0.144. The first-order valence-corrected chi connectivity index (χ1v) is 9.04. The van der Waals surface area contributed by atoms with Gasteiger partial charge in [0.25, 0.3) is 5.91 Å². The Morgan fingerprint density at radius 3 is 2.92 bits per heavy atom. The van der Waals surface area contributed by atoms with Gasteiger partial charge < -0.3 is 10.6 Å². The van der Waals surface area contributed by atoms with Gasteiger partial charge in [0.15, 0.2) is 0 Å². The average molecular weight is 366 g/mol. The number of aromatic nitrogens is 3.